The standard InChI is InChI=1S/C21H25N7O3/c1-5-11-25-19(29)26(12-6-2)21(31)27(20(25)30)15-24(4)16(3)17-7-9-18(10-8-17)28-14-22-13-23-28/h5-10,13-14,16H,1-2,11-12,15H2,3-4H3/p+1/t16-/m0/s1. The molecule has 0 bridgehead atoms. The van der Waals surface area contributed by atoms with Crippen LogP contribution in [-0.4, -0.2) is 35.5 Å². The number of aromatic nitrogens is 6. The van der Waals surface area contributed by atoms with E-state index in [9.17, 15) is 14.4 Å². The van der Waals surface area contributed by atoms with E-state index < -0.39 is 17.1 Å². The highest BCUT2D eigenvalue weighted by Crippen LogP contribution is 2.12. The van der Waals surface area contributed by atoms with E-state index in [1.807, 2.05) is 38.2 Å². The quantitative estimate of drug-likeness (QED) is 0.461. The number of allylic oxidation sites excluding steroid dienone is 2. The van der Waals surface area contributed by atoms with Crippen LogP contribution in [-0.2, 0) is 19.8 Å². The second-order valence-corrected chi connectivity index (χ2v) is 7.23. The van der Waals surface area contributed by atoms with Gasteiger partial charge in [-0.2, -0.15) is 9.67 Å². The van der Waals surface area contributed by atoms with Gasteiger partial charge in [0.15, 0.2) is 6.67 Å². The smallest absolute Gasteiger partial charge is 0.314 e. The molecule has 31 heavy (non-hydrogen) atoms. The van der Waals surface area contributed by atoms with Crippen molar-refractivity contribution in [3.63, 3.8) is 0 Å². The molecule has 1 aromatic carbocycles. The first-order valence-corrected chi connectivity index (χ1v) is 9.82. The van der Waals surface area contributed by atoms with Crippen LogP contribution in [0.1, 0.15) is 18.5 Å². The number of rotatable bonds is 9. The van der Waals surface area contributed by atoms with E-state index in [-0.39, 0.29) is 25.8 Å². The molecule has 2 heterocycles. The van der Waals surface area contributed by atoms with Gasteiger partial charge in [0.1, 0.15) is 18.7 Å². The first-order valence-electron chi connectivity index (χ1n) is 9.82. The Hall–Kier alpha value is -3.79. The van der Waals surface area contributed by atoms with E-state index in [1.165, 1.54) is 18.5 Å². The molecule has 10 nitrogen and oxygen atoms in total. The zero-order valence-electron chi connectivity index (χ0n) is 17.6. The van der Waals surface area contributed by atoms with Crippen molar-refractivity contribution in [2.45, 2.75) is 32.7 Å². The Morgan fingerprint density at radius 2 is 1.52 bits per heavy atom. The van der Waals surface area contributed by atoms with E-state index in [4.69, 9.17) is 0 Å². The molecule has 2 atom stereocenters. The van der Waals surface area contributed by atoms with Crippen molar-refractivity contribution in [2.75, 3.05) is 7.05 Å². The molecule has 2 aromatic heterocycles. The second-order valence-electron chi connectivity index (χ2n) is 7.23. The Bertz CT molecular complexity index is 1190. The molecule has 1 N–H and O–H groups in total. The lowest BCUT2D eigenvalue weighted by Crippen LogP contribution is -3.09. The van der Waals surface area contributed by atoms with Crippen LogP contribution in [0.2, 0.25) is 0 Å². The highest BCUT2D eigenvalue weighted by molar-refractivity contribution is 5.33. The fourth-order valence-electron chi connectivity index (χ4n) is 3.32. The van der Waals surface area contributed by atoms with Gasteiger partial charge in [0.25, 0.3) is 0 Å². The summed E-state index contributed by atoms with van der Waals surface area (Å²) in [5, 5.41) is 4.11. The molecule has 0 amide bonds. The maximum absolute atomic E-state index is 12.8. The fourth-order valence-corrected chi connectivity index (χ4v) is 3.32. The van der Waals surface area contributed by atoms with E-state index in [0.717, 1.165) is 29.9 Å². The summed E-state index contributed by atoms with van der Waals surface area (Å²) in [5.74, 6) is 0. The molecule has 3 aromatic rings. The predicted molar refractivity (Wildman–Crippen MR) is 116 cm³/mol. The average Bonchev–Trinajstić information content (AvgIpc) is 3.31. The summed E-state index contributed by atoms with van der Waals surface area (Å²) in [6.07, 6.45) is 5.99. The molecular weight excluding hydrogens is 398 g/mol. The number of nitrogens with zero attached hydrogens (tertiary/aromatic N) is 6. The third kappa shape index (κ3) is 4.38. The van der Waals surface area contributed by atoms with Gasteiger partial charge in [-0.05, 0) is 19.1 Å². The van der Waals surface area contributed by atoms with Crippen LogP contribution >= 0.6 is 0 Å². The molecular formula is C21H26N7O3+. The third-order valence-corrected chi connectivity index (χ3v) is 5.23. The van der Waals surface area contributed by atoms with Crippen LogP contribution in [0, 0.1) is 0 Å². The summed E-state index contributed by atoms with van der Waals surface area (Å²) in [6.45, 7) is 9.32. The molecule has 0 aliphatic rings. The van der Waals surface area contributed by atoms with Crippen molar-refractivity contribution in [1.29, 1.82) is 0 Å². The van der Waals surface area contributed by atoms with Gasteiger partial charge in [-0.15, -0.1) is 13.2 Å². The summed E-state index contributed by atoms with van der Waals surface area (Å²) >= 11 is 0. The third-order valence-electron chi connectivity index (χ3n) is 5.23. The number of quaternary nitrogens is 1. The van der Waals surface area contributed by atoms with Gasteiger partial charge in [-0.3, -0.25) is 0 Å². The number of nitrogens with one attached hydrogen (secondary N) is 1. The highest BCUT2D eigenvalue weighted by Gasteiger charge is 2.21. The molecule has 10 heteroatoms. The summed E-state index contributed by atoms with van der Waals surface area (Å²) in [7, 11) is 1.89. The predicted octanol–water partition coefficient (Wildman–Crippen LogP) is -0.642. The van der Waals surface area contributed by atoms with Crippen molar-refractivity contribution in [1.82, 2.24) is 28.5 Å². The topological polar surface area (TPSA) is 101 Å². The number of benzene rings is 1. The molecule has 0 aliphatic carbocycles. The molecule has 0 saturated heterocycles. The Morgan fingerprint density at radius 3 is 2.00 bits per heavy atom. The first-order chi connectivity index (χ1) is 14.9. The molecule has 3 rings (SSSR count). The lowest BCUT2D eigenvalue weighted by atomic mass is 10.1. The van der Waals surface area contributed by atoms with Crippen LogP contribution < -0.4 is 22.0 Å². The van der Waals surface area contributed by atoms with Gasteiger partial charge in [0.2, 0.25) is 0 Å². The van der Waals surface area contributed by atoms with Gasteiger partial charge >= 0.3 is 17.1 Å². The molecule has 0 fully saturated rings. The normalized spacial score (nSPS) is 13.0. The number of hydrogen-bond donors (Lipinski definition) is 1. The minimum atomic E-state index is -0.666. The van der Waals surface area contributed by atoms with Crippen molar-refractivity contribution >= 4 is 0 Å². The Balaban J connectivity index is 1.91. The van der Waals surface area contributed by atoms with Crippen LogP contribution in [0.5, 0.6) is 0 Å². The van der Waals surface area contributed by atoms with Gasteiger partial charge in [-0.1, -0.05) is 24.3 Å². The largest absolute Gasteiger partial charge is 0.341 e. The summed E-state index contributed by atoms with van der Waals surface area (Å²) in [5.41, 5.74) is -0.0570. The molecule has 0 aliphatic heterocycles. The van der Waals surface area contributed by atoms with Gasteiger partial charge in [0, 0.05) is 5.56 Å². The molecule has 0 radical (unpaired) electrons. The van der Waals surface area contributed by atoms with Crippen molar-refractivity contribution in [3.8, 4) is 5.69 Å². The van der Waals surface area contributed by atoms with Crippen molar-refractivity contribution < 1.29 is 4.90 Å². The molecule has 162 valence electrons. The van der Waals surface area contributed by atoms with Crippen LogP contribution in [0.15, 0.2) is 76.6 Å². The van der Waals surface area contributed by atoms with Gasteiger partial charge < -0.3 is 4.90 Å². The summed E-state index contributed by atoms with van der Waals surface area (Å²) in [6, 6.07) is 7.79. The minimum absolute atomic E-state index is 0.0213. The Labute approximate surface area is 178 Å². The lowest BCUT2D eigenvalue weighted by Gasteiger charge is -2.23. The maximum Gasteiger partial charge on any atom is 0.341 e. The van der Waals surface area contributed by atoms with E-state index in [0.29, 0.717) is 0 Å². The van der Waals surface area contributed by atoms with E-state index in [2.05, 4.69) is 23.2 Å². The van der Waals surface area contributed by atoms with Gasteiger partial charge in [0.05, 0.1) is 25.8 Å². The van der Waals surface area contributed by atoms with Crippen LogP contribution in [0.4, 0.5) is 0 Å². The molecule has 0 saturated carbocycles. The lowest BCUT2D eigenvalue weighted by molar-refractivity contribution is -0.933. The van der Waals surface area contributed by atoms with Crippen molar-refractivity contribution in [2.24, 2.45) is 0 Å². The van der Waals surface area contributed by atoms with E-state index in [1.54, 1.807) is 11.0 Å². The Morgan fingerprint density at radius 1 is 0.968 bits per heavy atom. The van der Waals surface area contributed by atoms with Crippen molar-refractivity contribution in [3.05, 3.63) is 99.2 Å². The van der Waals surface area contributed by atoms with Gasteiger partial charge in [-0.25, -0.2) is 33.2 Å². The summed E-state index contributed by atoms with van der Waals surface area (Å²) in [4.78, 5) is 43.0. The second kappa shape index (κ2) is 9.35. The van der Waals surface area contributed by atoms with Crippen LogP contribution in [0.3, 0.4) is 0 Å². The monoisotopic (exact) mass is 424 g/mol. The first kappa shape index (κ1) is 21.9. The maximum atomic E-state index is 12.8. The minimum Gasteiger partial charge on any atom is -0.314 e. The van der Waals surface area contributed by atoms with Crippen LogP contribution in [0.25, 0.3) is 5.69 Å². The summed E-state index contributed by atoms with van der Waals surface area (Å²) < 4.78 is 4.75. The highest BCUT2D eigenvalue weighted by atomic mass is 16.2. The SMILES string of the molecule is C=CCn1c(=O)n(CC=C)c(=O)n(C[NH+](C)[C@@H](C)c2ccc(-n3cncn3)cc2)c1=O. The zero-order chi connectivity index (χ0) is 22.5. The number of hydrogen-bond acceptors (Lipinski definition) is 5. The molecule has 0 spiro atoms. The van der Waals surface area contributed by atoms with E-state index >= 15 is 0 Å². The Kier molecular flexibility index (Phi) is 6.61. The molecule has 1 unspecified atom stereocenters. The zero-order valence-corrected chi connectivity index (χ0v) is 17.6. The average molecular weight is 424 g/mol. The fraction of sp³-hybridized carbons (Fsp3) is 0.286.